The van der Waals surface area contributed by atoms with Gasteiger partial charge in [0.2, 0.25) is 0 Å². The second-order valence-electron chi connectivity index (χ2n) is 4.41. The van der Waals surface area contributed by atoms with Gasteiger partial charge in [0.05, 0.1) is 0 Å². The second-order valence-corrected chi connectivity index (χ2v) is 5.19. The van der Waals surface area contributed by atoms with Crippen molar-refractivity contribution in [3.8, 4) is 0 Å². The number of nitrogens with one attached hydrogen (secondary N) is 1. The van der Waals surface area contributed by atoms with Gasteiger partial charge in [-0.15, -0.1) is 0 Å². The fraction of sp³-hybridized carbons (Fsp3) is 0.583. The van der Waals surface area contributed by atoms with E-state index in [1.54, 1.807) is 12.1 Å². The van der Waals surface area contributed by atoms with E-state index in [0.29, 0.717) is 16.3 Å². The first-order chi connectivity index (χ1) is 7.66. The molecule has 1 aromatic rings. The fourth-order valence-electron chi connectivity index (χ4n) is 2.29. The van der Waals surface area contributed by atoms with Gasteiger partial charge in [-0.3, -0.25) is 4.79 Å². The Morgan fingerprint density at radius 2 is 2.19 bits per heavy atom. The van der Waals surface area contributed by atoms with Crippen molar-refractivity contribution in [3.63, 3.8) is 0 Å². The van der Waals surface area contributed by atoms with Crippen molar-refractivity contribution < 1.29 is 9.21 Å². The fourth-order valence-corrected chi connectivity index (χ4v) is 2.60. The van der Waals surface area contributed by atoms with E-state index < -0.39 is 0 Å². The van der Waals surface area contributed by atoms with Crippen molar-refractivity contribution in [2.75, 3.05) is 0 Å². The lowest BCUT2D eigenvalue weighted by molar-refractivity contribution is 0.0898. The van der Waals surface area contributed by atoms with Crippen LogP contribution >= 0.6 is 15.9 Å². The molecule has 0 radical (unpaired) electrons. The summed E-state index contributed by atoms with van der Waals surface area (Å²) in [6.07, 6.45) is 5.03. The van der Waals surface area contributed by atoms with E-state index in [1.807, 2.05) is 0 Å². The van der Waals surface area contributed by atoms with Crippen LogP contribution in [0.4, 0.5) is 0 Å². The molecule has 88 valence electrons. The number of furan rings is 1. The Balaban J connectivity index is 1.91. The highest BCUT2D eigenvalue weighted by Crippen LogP contribution is 2.27. The van der Waals surface area contributed by atoms with E-state index in [2.05, 4.69) is 28.2 Å². The predicted octanol–water partition coefficient (Wildman–Crippen LogP) is 3.35. The van der Waals surface area contributed by atoms with E-state index in [9.17, 15) is 4.79 Å². The molecule has 1 heterocycles. The molecule has 1 unspecified atom stereocenters. The maximum atomic E-state index is 11.8. The summed E-state index contributed by atoms with van der Waals surface area (Å²) < 4.78 is 5.80. The average Bonchev–Trinajstić information content (AvgIpc) is 2.87. The molecular formula is C12H16BrNO2. The molecule has 1 aliphatic rings. The van der Waals surface area contributed by atoms with Crippen LogP contribution in [-0.4, -0.2) is 11.9 Å². The van der Waals surface area contributed by atoms with Gasteiger partial charge in [0.25, 0.3) is 5.91 Å². The van der Waals surface area contributed by atoms with Crippen LogP contribution in [0, 0.1) is 5.92 Å². The number of amides is 1. The number of hydrogen-bond donors (Lipinski definition) is 1. The summed E-state index contributed by atoms with van der Waals surface area (Å²) in [6, 6.07) is 3.65. The van der Waals surface area contributed by atoms with E-state index >= 15 is 0 Å². The summed E-state index contributed by atoms with van der Waals surface area (Å²) in [7, 11) is 0. The molecule has 2 rings (SSSR count). The molecule has 4 heteroatoms. The summed E-state index contributed by atoms with van der Waals surface area (Å²) in [5.74, 6) is 0.879. The zero-order chi connectivity index (χ0) is 11.5. The quantitative estimate of drug-likeness (QED) is 0.925. The van der Waals surface area contributed by atoms with Crippen molar-refractivity contribution in [1.82, 2.24) is 5.32 Å². The van der Waals surface area contributed by atoms with Crippen molar-refractivity contribution in [1.29, 1.82) is 0 Å². The van der Waals surface area contributed by atoms with Crippen LogP contribution in [0.2, 0.25) is 0 Å². The monoisotopic (exact) mass is 285 g/mol. The van der Waals surface area contributed by atoms with Gasteiger partial charge in [-0.2, -0.15) is 0 Å². The van der Waals surface area contributed by atoms with E-state index in [1.165, 1.54) is 25.7 Å². The van der Waals surface area contributed by atoms with Crippen LogP contribution < -0.4 is 5.32 Å². The molecule has 1 atom stereocenters. The highest BCUT2D eigenvalue weighted by atomic mass is 79.9. The Bertz CT molecular complexity index is 369. The van der Waals surface area contributed by atoms with Gasteiger partial charge in [0.1, 0.15) is 0 Å². The van der Waals surface area contributed by atoms with Gasteiger partial charge >= 0.3 is 0 Å². The van der Waals surface area contributed by atoms with Crippen LogP contribution in [-0.2, 0) is 0 Å². The topological polar surface area (TPSA) is 42.2 Å². The summed E-state index contributed by atoms with van der Waals surface area (Å²) in [5, 5.41) is 3.00. The first kappa shape index (κ1) is 11.7. The minimum absolute atomic E-state index is 0.120. The number of carbonyl (C=O) groups excluding carboxylic acids is 1. The molecule has 0 aliphatic heterocycles. The second kappa shape index (κ2) is 5.04. The van der Waals surface area contributed by atoms with Gasteiger partial charge in [-0.25, -0.2) is 0 Å². The molecule has 1 aliphatic carbocycles. The third-order valence-electron chi connectivity index (χ3n) is 3.26. The molecule has 1 fully saturated rings. The van der Waals surface area contributed by atoms with Crippen LogP contribution in [0.3, 0.4) is 0 Å². The minimum atomic E-state index is -0.120. The lowest BCUT2D eigenvalue weighted by atomic mass is 10.00. The molecule has 0 spiro atoms. The van der Waals surface area contributed by atoms with Crippen LogP contribution in [0.25, 0.3) is 0 Å². The summed E-state index contributed by atoms with van der Waals surface area (Å²) in [4.78, 5) is 11.8. The van der Waals surface area contributed by atoms with E-state index in [0.717, 1.165) is 0 Å². The zero-order valence-corrected chi connectivity index (χ0v) is 10.9. The summed E-state index contributed by atoms with van der Waals surface area (Å²) in [6.45, 7) is 2.08. The largest absolute Gasteiger partial charge is 0.444 e. The molecule has 1 aromatic heterocycles. The molecule has 16 heavy (non-hydrogen) atoms. The standard InChI is InChI=1S/C12H16BrNO2/c1-8(9-4-2-3-5-9)14-12(15)10-6-7-11(13)16-10/h6-9H,2-5H2,1H3,(H,14,15). The molecule has 1 saturated carbocycles. The van der Waals surface area contributed by atoms with Gasteiger partial charge in [0.15, 0.2) is 10.4 Å². The Kier molecular flexibility index (Phi) is 3.69. The van der Waals surface area contributed by atoms with Gasteiger partial charge in [-0.1, -0.05) is 12.8 Å². The third-order valence-corrected chi connectivity index (χ3v) is 3.69. The number of hydrogen-bond acceptors (Lipinski definition) is 2. The number of carbonyl (C=O) groups is 1. The molecule has 3 nitrogen and oxygen atoms in total. The molecule has 1 N–H and O–H groups in total. The maximum absolute atomic E-state index is 11.8. The van der Waals surface area contributed by atoms with Crippen molar-refractivity contribution in [2.45, 2.75) is 38.6 Å². The first-order valence-electron chi connectivity index (χ1n) is 5.73. The first-order valence-corrected chi connectivity index (χ1v) is 6.52. The van der Waals surface area contributed by atoms with Crippen LogP contribution in [0.5, 0.6) is 0 Å². The molecule has 0 saturated heterocycles. The predicted molar refractivity (Wildman–Crippen MR) is 65.3 cm³/mol. The highest BCUT2D eigenvalue weighted by Gasteiger charge is 2.23. The molecule has 0 bridgehead atoms. The minimum Gasteiger partial charge on any atom is -0.444 e. The SMILES string of the molecule is CC(NC(=O)c1ccc(Br)o1)C1CCCC1. The average molecular weight is 286 g/mol. The highest BCUT2D eigenvalue weighted by molar-refractivity contribution is 9.10. The number of rotatable bonds is 3. The molecular weight excluding hydrogens is 270 g/mol. The number of halogens is 1. The lowest BCUT2D eigenvalue weighted by Crippen LogP contribution is -2.36. The van der Waals surface area contributed by atoms with Crippen molar-refractivity contribution in [3.05, 3.63) is 22.6 Å². The van der Waals surface area contributed by atoms with Crippen molar-refractivity contribution in [2.24, 2.45) is 5.92 Å². The van der Waals surface area contributed by atoms with Gasteiger partial charge in [-0.05, 0) is 53.7 Å². The normalized spacial score (nSPS) is 18.6. The van der Waals surface area contributed by atoms with Crippen LogP contribution in [0.15, 0.2) is 21.2 Å². The van der Waals surface area contributed by atoms with E-state index in [4.69, 9.17) is 4.42 Å². The van der Waals surface area contributed by atoms with Gasteiger partial charge in [0, 0.05) is 6.04 Å². The van der Waals surface area contributed by atoms with E-state index in [-0.39, 0.29) is 11.9 Å². The van der Waals surface area contributed by atoms with Crippen molar-refractivity contribution >= 4 is 21.8 Å². The Labute approximate surface area is 104 Å². The smallest absolute Gasteiger partial charge is 0.287 e. The Morgan fingerprint density at radius 3 is 2.75 bits per heavy atom. The van der Waals surface area contributed by atoms with Crippen LogP contribution in [0.1, 0.15) is 43.2 Å². The maximum Gasteiger partial charge on any atom is 0.287 e. The zero-order valence-electron chi connectivity index (χ0n) is 9.33. The third kappa shape index (κ3) is 2.67. The summed E-state index contributed by atoms with van der Waals surface area (Å²) >= 11 is 3.19. The Morgan fingerprint density at radius 1 is 1.50 bits per heavy atom. The molecule has 0 aromatic carbocycles. The summed E-state index contributed by atoms with van der Waals surface area (Å²) in [5.41, 5.74) is 0. The molecule has 1 amide bonds. The lowest BCUT2D eigenvalue weighted by Gasteiger charge is -2.19. The van der Waals surface area contributed by atoms with Gasteiger partial charge < -0.3 is 9.73 Å². The Hall–Kier alpha value is -0.770.